The normalized spacial score (nSPS) is 18.9. The van der Waals surface area contributed by atoms with E-state index in [1.165, 1.54) is 0 Å². The van der Waals surface area contributed by atoms with Gasteiger partial charge in [0.2, 0.25) is 0 Å². The zero-order valence-electron chi connectivity index (χ0n) is 18.7. The van der Waals surface area contributed by atoms with Gasteiger partial charge in [-0.1, -0.05) is 32.9 Å². The van der Waals surface area contributed by atoms with Crippen LogP contribution in [0, 0.1) is 11.8 Å². The van der Waals surface area contributed by atoms with Crippen LogP contribution in [0.3, 0.4) is 0 Å². The van der Waals surface area contributed by atoms with Gasteiger partial charge in [-0.25, -0.2) is 5.84 Å². The standard InChI is InChI=1S/C19H23N15O/c20-30-25-7-11-4-13(9-27-32-22)14-6-17(29-16(14)5-11)19(35)34(24)18-3-1-2-12(8-26-31-21)15(18)10-28-33-23/h4-6,12,15,18,29H,1-3,7-10,24H2/t12-,15+,18-/m1/s1. The number of hydrazine groups is 1. The van der Waals surface area contributed by atoms with Gasteiger partial charge >= 0.3 is 0 Å². The van der Waals surface area contributed by atoms with Gasteiger partial charge in [0, 0.05) is 43.6 Å². The van der Waals surface area contributed by atoms with Crippen LogP contribution in [0.2, 0.25) is 0 Å². The van der Waals surface area contributed by atoms with Crippen LogP contribution in [0.5, 0.6) is 0 Å². The molecule has 1 saturated carbocycles. The van der Waals surface area contributed by atoms with Gasteiger partial charge in [-0.05, 0) is 70.1 Å². The van der Waals surface area contributed by atoms with Gasteiger partial charge in [-0.15, -0.1) is 0 Å². The van der Waals surface area contributed by atoms with Crippen LogP contribution in [0.15, 0.2) is 38.7 Å². The fourth-order valence-corrected chi connectivity index (χ4v) is 4.67. The Kier molecular flexibility index (Phi) is 8.63. The predicted molar refractivity (Wildman–Crippen MR) is 127 cm³/mol. The first-order valence-electron chi connectivity index (χ1n) is 10.8. The summed E-state index contributed by atoms with van der Waals surface area (Å²) in [6, 6.07) is 4.73. The Bertz CT molecular complexity index is 1270. The van der Waals surface area contributed by atoms with E-state index in [1.54, 1.807) is 18.2 Å². The molecule has 0 aliphatic heterocycles. The summed E-state index contributed by atoms with van der Waals surface area (Å²) in [4.78, 5) is 27.7. The highest BCUT2D eigenvalue weighted by Crippen LogP contribution is 2.34. The van der Waals surface area contributed by atoms with Gasteiger partial charge in [-0.3, -0.25) is 9.80 Å². The quantitative estimate of drug-likeness (QED) is 0.112. The van der Waals surface area contributed by atoms with Gasteiger partial charge in [0.15, 0.2) is 0 Å². The number of H-pyrrole nitrogens is 1. The first-order chi connectivity index (χ1) is 17.0. The number of hydrogen-bond acceptors (Lipinski definition) is 6. The minimum atomic E-state index is -0.465. The number of carbonyl (C=O) groups is 1. The summed E-state index contributed by atoms with van der Waals surface area (Å²) in [5, 5.41) is 16.4. The molecule has 1 amide bonds. The lowest BCUT2D eigenvalue weighted by Gasteiger charge is -2.41. The number of nitrogens with zero attached hydrogens (tertiary/aromatic N) is 13. The maximum absolute atomic E-state index is 13.4. The van der Waals surface area contributed by atoms with Gasteiger partial charge in [-0.2, -0.15) is 0 Å². The second kappa shape index (κ2) is 12.1. The minimum Gasteiger partial charge on any atom is -0.350 e. The number of aromatic nitrogens is 1. The second-order valence-corrected chi connectivity index (χ2v) is 8.14. The molecule has 0 saturated heterocycles. The summed E-state index contributed by atoms with van der Waals surface area (Å²) in [6.07, 6.45) is 2.15. The fraction of sp³-hybridized carbons (Fsp3) is 0.526. The molecule has 1 aliphatic rings. The first-order valence-corrected chi connectivity index (χ1v) is 10.8. The smallest absolute Gasteiger partial charge is 0.284 e. The second-order valence-electron chi connectivity index (χ2n) is 8.14. The molecule has 0 spiro atoms. The molecule has 3 N–H and O–H groups in total. The van der Waals surface area contributed by atoms with Crippen molar-refractivity contribution in [2.24, 2.45) is 38.1 Å². The monoisotopic (exact) mass is 477 g/mol. The number of fused-ring (bicyclic) bond motifs is 1. The van der Waals surface area contributed by atoms with Crippen molar-refractivity contribution in [2.45, 2.75) is 38.4 Å². The molecule has 3 rings (SSSR count). The van der Waals surface area contributed by atoms with Crippen LogP contribution >= 0.6 is 0 Å². The third-order valence-corrected chi connectivity index (χ3v) is 6.24. The molecule has 1 aliphatic carbocycles. The van der Waals surface area contributed by atoms with E-state index in [0.29, 0.717) is 28.5 Å². The molecule has 16 heteroatoms. The van der Waals surface area contributed by atoms with Crippen molar-refractivity contribution in [1.82, 2.24) is 9.99 Å². The Hall–Kier alpha value is -4.57. The molecule has 0 unspecified atom stereocenters. The zero-order chi connectivity index (χ0) is 25.2. The molecular formula is C19H23N15O. The number of azide groups is 4. The molecule has 1 aromatic heterocycles. The highest BCUT2D eigenvalue weighted by molar-refractivity contribution is 5.99. The topological polar surface area (TPSA) is 257 Å². The van der Waals surface area contributed by atoms with Crippen LogP contribution in [-0.4, -0.2) is 35.0 Å². The van der Waals surface area contributed by atoms with E-state index in [9.17, 15) is 4.79 Å². The Morgan fingerprint density at radius 1 is 0.971 bits per heavy atom. The third kappa shape index (κ3) is 5.87. The van der Waals surface area contributed by atoms with E-state index >= 15 is 0 Å². The number of carbonyl (C=O) groups excluding carboxylic acids is 1. The average molecular weight is 477 g/mol. The summed E-state index contributed by atoms with van der Waals surface area (Å²) in [7, 11) is 0. The van der Waals surface area contributed by atoms with Gasteiger partial charge in [0.05, 0.1) is 19.1 Å². The zero-order valence-corrected chi connectivity index (χ0v) is 18.7. The molecule has 35 heavy (non-hydrogen) atoms. The number of rotatable bonds is 10. The Morgan fingerprint density at radius 3 is 2.37 bits per heavy atom. The summed E-state index contributed by atoms with van der Waals surface area (Å²) < 4.78 is 0. The van der Waals surface area contributed by atoms with Crippen LogP contribution < -0.4 is 5.84 Å². The number of nitrogens with one attached hydrogen (secondary N) is 1. The number of aromatic amines is 1. The van der Waals surface area contributed by atoms with Crippen molar-refractivity contribution in [3.63, 3.8) is 0 Å². The van der Waals surface area contributed by atoms with Crippen molar-refractivity contribution in [3.05, 3.63) is 76.8 Å². The van der Waals surface area contributed by atoms with Crippen LogP contribution in [0.4, 0.5) is 0 Å². The predicted octanol–water partition coefficient (Wildman–Crippen LogP) is 5.51. The summed E-state index contributed by atoms with van der Waals surface area (Å²) in [6.45, 7) is 0.493. The fourth-order valence-electron chi connectivity index (χ4n) is 4.67. The molecule has 1 fully saturated rings. The maximum Gasteiger partial charge on any atom is 0.284 e. The molecule has 2 aromatic rings. The lowest BCUT2D eigenvalue weighted by molar-refractivity contribution is 0.0442. The SMILES string of the molecule is [N-]=[N+]=NCc1cc(CN=[N+]=[N-])c2cc(C(=O)N(N)[C@@H]3CCC[C@H](CN=[N+]=[N-])[C@@H]3CN=[N+]=[N-])[nH]c2c1. The van der Waals surface area contributed by atoms with Crippen molar-refractivity contribution < 1.29 is 4.79 Å². The summed E-state index contributed by atoms with van der Waals surface area (Å²) in [5.41, 5.74) is 37.1. The molecule has 3 atom stereocenters. The molecule has 0 bridgehead atoms. The number of amides is 1. The number of benzene rings is 1. The van der Waals surface area contributed by atoms with Crippen molar-refractivity contribution >= 4 is 16.8 Å². The average Bonchev–Trinajstić information content (AvgIpc) is 3.31. The summed E-state index contributed by atoms with van der Waals surface area (Å²) >= 11 is 0. The van der Waals surface area contributed by atoms with Crippen LogP contribution in [-0.2, 0) is 13.1 Å². The van der Waals surface area contributed by atoms with Crippen molar-refractivity contribution in [2.75, 3.05) is 13.1 Å². The van der Waals surface area contributed by atoms with Gasteiger partial charge in [0.1, 0.15) is 5.69 Å². The Labute approximate surface area is 198 Å². The van der Waals surface area contributed by atoms with Gasteiger partial charge in [0.25, 0.3) is 5.91 Å². The van der Waals surface area contributed by atoms with E-state index in [1.807, 2.05) is 0 Å². The first kappa shape index (κ1) is 25.1. The third-order valence-electron chi connectivity index (χ3n) is 6.24. The highest BCUT2D eigenvalue weighted by Gasteiger charge is 2.37. The summed E-state index contributed by atoms with van der Waals surface area (Å²) in [5.74, 6) is 5.51. The molecular weight excluding hydrogens is 454 g/mol. The van der Waals surface area contributed by atoms with Crippen LogP contribution in [0.25, 0.3) is 52.7 Å². The number of nitrogens with two attached hydrogens (primary N) is 1. The molecule has 16 nitrogen and oxygen atoms in total. The van der Waals surface area contributed by atoms with E-state index in [0.717, 1.165) is 17.9 Å². The lowest BCUT2D eigenvalue weighted by atomic mass is 9.75. The Balaban J connectivity index is 1.95. The minimum absolute atomic E-state index is 0.0485. The maximum atomic E-state index is 13.4. The van der Waals surface area contributed by atoms with Crippen molar-refractivity contribution in [1.29, 1.82) is 0 Å². The van der Waals surface area contributed by atoms with E-state index in [4.69, 9.17) is 28.0 Å². The lowest BCUT2D eigenvalue weighted by Crippen LogP contribution is -2.53. The van der Waals surface area contributed by atoms with E-state index < -0.39 is 11.9 Å². The molecule has 0 radical (unpaired) electrons. The van der Waals surface area contributed by atoms with Gasteiger partial charge < -0.3 is 4.98 Å². The van der Waals surface area contributed by atoms with E-state index in [-0.39, 0.29) is 43.7 Å². The molecule has 1 heterocycles. The highest BCUT2D eigenvalue weighted by atomic mass is 16.2. The van der Waals surface area contributed by atoms with Crippen molar-refractivity contribution in [3.8, 4) is 0 Å². The Morgan fingerprint density at radius 2 is 1.66 bits per heavy atom. The molecule has 1 aromatic carbocycles. The van der Waals surface area contributed by atoms with E-state index in [2.05, 4.69) is 45.1 Å². The van der Waals surface area contributed by atoms with Crippen LogP contribution in [0.1, 0.15) is 40.9 Å². The largest absolute Gasteiger partial charge is 0.350 e. The number of hydrogen-bond donors (Lipinski definition) is 2. The molecule has 180 valence electrons.